The number of carboxylic acids is 1. The highest BCUT2D eigenvalue weighted by molar-refractivity contribution is 6.29. The highest BCUT2D eigenvalue weighted by Gasteiger charge is 2.17. The summed E-state index contributed by atoms with van der Waals surface area (Å²) >= 11 is 5.86. The summed E-state index contributed by atoms with van der Waals surface area (Å²) in [7, 11) is 0. The number of aryl methyl sites for hydroxylation is 1. The van der Waals surface area contributed by atoms with E-state index in [0.717, 1.165) is 30.4 Å². The van der Waals surface area contributed by atoms with Crippen molar-refractivity contribution in [3.05, 3.63) is 51.6 Å². The van der Waals surface area contributed by atoms with E-state index in [1.807, 2.05) is 0 Å². The molecule has 0 spiro atoms. The third kappa shape index (κ3) is 5.32. The monoisotopic (exact) mass is 364 g/mol. The van der Waals surface area contributed by atoms with Crippen LogP contribution in [0.4, 0.5) is 0 Å². The zero-order chi connectivity index (χ0) is 18.4. The molecule has 0 aliphatic rings. The number of carboxylic acid groups (broad SMARTS) is 1. The fraction of sp³-hybridized carbons (Fsp3) is 0.389. The molecule has 2 aromatic rings. The first-order valence-electron chi connectivity index (χ1n) is 8.11. The molecule has 0 aliphatic carbocycles. The first kappa shape index (κ1) is 19.0. The molecule has 0 saturated carbocycles. The van der Waals surface area contributed by atoms with Crippen LogP contribution in [0, 0.1) is 0 Å². The van der Waals surface area contributed by atoms with Crippen molar-refractivity contribution in [2.24, 2.45) is 0 Å². The molecule has 0 atom stereocenters. The largest absolute Gasteiger partial charge is 0.478 e. The molecule has 6 nitrogen and oxygen atoms in total. The van der Waals surface area contributed by atoms with Crippen molar-refractivity contribution in [2.45, 2.75) is 46.1 Å². The molecular formula is C18H21ClN2O4. The van der Waals surface area contributed by atoms with Gasteiger partial charge in [-0.05, 0) is 30.0 Å². The van der Waals surface area contributed by atoms with Crippen LogP contribution in [0.25, 0.3) is 0 Å². The molecular weight excluding hydrogens is 344 g/mol. The number of esters is 1. The van der Waals surface area contributed by atoms with Gasteiger partial charge in [0.05, 0.1) is 5.56 Å². The quantitative estimate of drug-likeness (QED) is 0.696. The molecule has 0 unspecified atom stereocenters. The first-order valence-corrected chi connectivity index (χ1v) is 8.49. The molecule has 1 aromatic carbocycles. The summed E-state index contributed by atoms with van der Waals surface area (Å²) in [5.41, 5.74) is 2.54. The van der Waals surface area contributed by atoms with E-state index in [2.05, 4.69) is 16.9 Å². The Morgan fingerprint density at radius 2 is 2.04 bits per heavy atom. The van der Waals surface area contributed by atoms with E-state index in [4.69, 9.17) is 16.3 Å². The molecule has 0 saturated heterocycles. The van der Waals surface area contributed by atoms with Crippen LogP contribution in [0.15, 0.2) is 18.3 Å². The molecule has 1 heterocycles. The lowest BCUT2D eigenvalue weighted by atomic mass is 9.93. The molecule has 0 aliphatic heterocycles. The van der Waals surface area contributed by atoms with E-state index < -0.39 is 11.9 Å². The number of imidazole rings is 1. The van der Waals surface area contributed by atoms with Crippen molar-refractivity contribution >= 4 is 23.5 Å². The Balaban J connectivity index is 2.42. The van der Waals surface area contributed by atoms with Crippen LogP contribution >= 0.6 is 11.6 Å². The number of aromatic carboxylic acids is 1. The molecule has 2 N–H and O–H groups in total. The Morgan fingerprint density at radius 3 is 2.60 bits per heavy atom. The second-order valence-electron chi connectivity index (χ2n) is 5.81. The van der Waals surface area contributed by atoms with Gasteiger partial charge < -0.3 is 14.8 Å². The minimum absolute atomic E-state index is 0.0725. The number of carbonyl (C=O) groups is 2. The predicted molar refractivity (Wildman–Crippen MR) is 93.9 cm³/mol. The normalized spacial score (nSPS) is 10.7. The number of hydrogen-bond acceptors (Lipinski definition) is 4. The summed E-state index contributed by atoms with van der Waals surface area (Å²) in [6.45, 7) is 3.30. The van der Waals surface area contributed by atoms with Gasteiger partial charge >= 0.3 is 11.9 Å². The Kier molecular flexibility index (Phi) is 6.58. The number of nitrogens with zero attached hydrogens (tertiary/aromatic N) is 1. The molecule has 25 heavy (non-hydrogen) atoms. The maximum atomic E-state index is 11.6. The summed E-state index contributed by atoms with van der Waals surface area (Å²) < 4.78 is 5.00. The smallest absolute Gasteiger partial charge is 0.336 e. The van der Waals surface area contributed by atoms with Gasteiger partial charge in [-0.25, -0.2) is 9.78 Å². The third-order valence-corrected chi connectivity index (χ3v) is 4.04. The van der Waals surface area contributed by atoms with Crippen molar-refractivity contribution in [1.29, 1.82) is 0 Å². The lowest BCUT2D eigenvalue weighted by molar-refractivity contribution is -0.142. The number of benzene rings is 1. The lowest BCUT2D eigenvalue weighted by Crippen LogP contribution is -2.10. The van der Waals surface area contributed by atoms with Crippen LogP contribution in [0.1, 0.15) is 59.6 Å². The van der Waals surface area contributed by atoms with Crippen LogP contribution in [-0.2, 0) is 29.0 Å². The van der Waals surface area contributed by atoms with E-state index >= 15 is 0 Å². The van der Waals surface area contributed by atoms with Crippen molar-refractivity contribution in [3.8, 4) is 0 Å². The molecule has 134 valence electrons. The molecule has 0 bridgehead atoms. The zero-order valence-corrected chi connectivity index (χ0v) is 15.0. The van der Waals surface area contributed by atoms with Gasteiger partial charge in [0.1, 0.15) is 17.6 Å². The second kappa shape index (κ2) is 8.67. The number of unbranched alkanes of at least 4 members (excludes halogenated alkanes) is 1. The van der Waals surface area contributed by atoms with Crippen molar-refractivity contribution in [1.82, 2.24) is 9.97 Å². The van der Waals surface area contributed by atoms with Gasteiger partial charge in [-0.15, -0.1) is 0 Å². The van der Waals surface area contributed by atoms with Crippen LogP contribution in [0.3, 0.4) is 0 Å². The van der Waals surface area contributed by atoms with Crippen LogP contribution < -0.4 is 0 Å². The topological polar surface area (TPSA) is 92.3 Å². The molecule has 0 radical (unpaired) electrons. The number of halogens is 1. The van der Waals surface area contributed by atoms with Gasteiger partial charge in [0.15, 0.2) is 0 Å². The summed E-state index contributed by atoms with van der Waals surface area (Å²) in [5.74, 6) is -0.789. The Bertz CT molecular complexity index is 770. The van der Waals surface area contributed by atoms with Gasteiger partial charge in [-0.3, -0.25) is 4.79 Å². The fourth-order valence-electron chi connectivity index (χ4n) is 2.61. The molecule has 0 amide bonds. The first-order chi connectivity index (χ1) is 11.9. The number of nitrogens with one attached hydrogen (secondary N) is 1. The van der Waals surface area contributed by atoms with Gasteiger partial charge in [0, 0.05) is 25.1 Å². The number of aromatic amines is 1. The maximum absolute atomic E-state index is 11.6. The van der Waals surface area contributed by atoms with Crippen LogP contribution in [0.5, 0.6) is 0 Å². The number of ether oxygens (including phenoxy) is 1. The van der Waals surface area contributed by atoms with Crippen LogP contribution in [0.2, 0.25) is 5.15 Å². The number of rotatable bonds is 8. The maximum Gasteiger partial charge on any atom is 0.336 e. The lowest BCUT2D eigenvalue weighted by Gasteiger charge is -2.14. The van der Waals surface area contributed by atoms with Gasteiger partial charge in [0.2, 0.25) is 0 Å². The number of carbonyl (C=O) groups excluding carboxylic acids is 1. The fourth-order valence-corrected chi connectivity index (χ4v) is 2.77. The molecule has 0 fully saturated rings. The second-order valence-corrected chi connectivity index (χ2v) is 6.20. The minimum atomic E-state index is -1.03. The highest BCUT2D eigenvalue weighted by atomic mass is 35.5. The molecule has 7 heteroatoms. The minimum Gasteiger partial charge on any atom is -0.478 e. The van der Waals surface area contributed by atoms with E-state index in [-0.39, 0.29) is 12.2 Å². The SMILES string of the molecule is CCCCc1cc(C(=O)O)c(COC(C)=O)cc1Cc1nc(Cl)c[nH]1. The van der Waals surface area contributed by atoms with Crippen LogP contribution in [-0.4, -0.2) is 27.0 Å². The highest BCUT2D eigenvalue weighted by Crippen LogP contribution is 2.23. The summed E-state index contributed by atoms with van der Waals surface area (Å²) in [6.07, 6.45) is 4.83. The third-order valence-electron chi connectivity index (χ3n) is 3.84. The average Bonchev–Trinajstić information content (AvgIpc) is 2.96. The van der Waals surface area contributed by atoms with Crippen molar-refractivity contribution in [3.63, 3.8) is 0 Å². The Labute approximate surface area is 151 Å². The van der Waals surface area contributed by atoms with E-state index in [9.17, 15) is 14.7 Å². The van der Waals surface area contributed by atoms with Gasteiger partial charge in [-0.1, -0.05) is 31.0 Å². The van der Waals surface area contributed by atoms with E-state index in [1.165, 1.54) is 6.92 Å². The van der Waals surface area contributed by atoms with Gasteiger partial charge in [0.25, 0.3) is 0 Å². The zero-order valence-electron chi connectivity index (χ0n) is 14.3. The van der Waals surface area contributed by atoms with Crippen molar-refractivity contribution < 1.29 is 19.4 Å². The molecule has 2 rings (SSSR count). The standard InChI is InChI=1S/C18H21ClN2O4/c1-3-4-5-12-7-15(18(23)24)14(10-25-11(2)22)6-13(12)8-17-20-9-16(19)21-17/h6-7,9H,3-5,8,10H2,1-2H3,(H,20,21)(H,23,24). The Hall–Kier alpha value is -2.34. The number of hydrogen-bond donors (Lipinski definition) is 2. The number of aromatic nitrogens is 2. The number of H-pyrrole nitrogens is 1. The summed E-state index contributed by atoms with van der Waals surface area (Å²) in [4.78, 5) is 29.9. The average molecular weight is 365 g/mol. The van der Waals surface area contributed by atoms with E-state index in [1.54, 1.807) is 18.3 Å². The van der Waals surface area contributed by atoms with Gasteiger partial charge in [-0.2, -0.15) is 0 Å². The Morgan fingerprint density at radius 1 is 1.28 bits per heavy atom. The van der Waals surface area contributed by atoms with E-state index in [0.29, 0.717) is 23.0 Å². The predicted octanol–water partition coefficient (Wildman–Crippen LogP) is 3.76. The van der Waals surface area contributed by atoms with Crippen molar-refractivity contribution in [2.75, 3.05) is 0 Å². The molecule has 1 aromatic heterocycles. The summed E-state index contributed by atoms with van der Waals surface area (Å²) in [6, 6.07) is 3.46. The summed E-state index contributed by atoms with van der Waals surface area (Å²) in [5, 5.41) is 9.87.